The van der Waals surface area contributed by atoms with Gasteiger partial charge in [0, 0.05) is 12.8 Å². The van der Waals surface area contributed by atoms with Crippen molar-refractivity contribution in [3.05, 3.63) is 11.6 Å². The zero-order chi connectivity index (χ0) is 13.1. The number of hydrogen-bond donors (Lipinski definition) is 2. The number of aliphatic carboxylic acids is 2. The molecule has 0 aromatic rings. The number of rotatable bonds is 10. The molecule has 0 aliphatic rings. The summed E-state index contributed by atoms with van der Waals surface area (Å²) in [5, 5.41) is 16.8. The van der Waals surface area contributed by atoms with Crippen molar-refractivity contribution in [1.29, 1.82) is 0 Å². The summed E-state index contributed by atoms with van der Waals surface area (Å²) in [5.41, 5.74) is 0.599. The quantitative estimate of drug-likeness (QED) is 0.347. The van der Waals surface area contributed by atoms with Gasteiger partial charge in [-0.3, -0.25) is 14.4 Å². The Morgan fingerprint density at radius 2 is 1.47 bits per heavy atom. The average molecular weight is 242 g/mol. The number of hydrogen-bond acceptors (Lipinski definition) is 3. The number of carbonyl (C=O) groups excluding carboxylic acids is 1. The maximum Gasteiger partial charge on any atom is 0.303 e. The molecule has 0 atom stereocenters. The molecule has 17 heavy (non-hydrogen) atoms. The summed E-state index contributed by atoms with van der Waals surface area (Å²) in [7, 11) is 0. The van der Waals surface area contributed by atoms with Crippen molar-refractivity contribution >= 4 is 18.2 Å². The number of carboxylic acid groups (broad SMARTS) is 2. The van der Waals surface area contributed by atoms with E-state index in [1.165, 1.54) is 0 Å². The first-order valence-electron chi connectivity index (χ1n) is 5.64. The monoisotopic (exact) mass is 242 g/mol. The molecule has 0 saturated heterocycles. The van der Waals surface area contributed by atoms with Gasteiger partial charge in [0.1, 0.15) is 6.29 Å². The van der Waals surface area contributed by atoms with Crippen LogP contribution < -0.4 is 0 Å². The summed E-state index contributed by atoms with van der Waals surface area (Å²) in [4.78, 5) is 31.1. The molecule has 2 N–H and O–H groups in total. The zero-order valence-corrected chi connectivity index (χ0v) is 9.72. The van der Waals surface area contributed by atoms with Crippen LogP contribution in [0.1, 0.15) is 44.9 Å². The predicted octanol–water partition coefficient (Wildman–Crippen LogP) is 2.01. The Morgan fingerprint density at radius 3 is 2.00 bits per heavy atom. The molecule has 0 unspecified atom stereocenters. The smallest absolute Gasteiger partial charge is 0.303 e. The van der Waals surface area contributed by atoms with E-state index in [4.69, 9.17) is 10.2 Å². The van der Waals surface area contributed by atoms with Gasteiger partial charge in [0.25, 0.3) is 0 Å². The highest BCUT2D eigenvalue weighted by molar-refractivity contribution is 5.73. The van der Waals surface area contributed by atoms with Crippen molar-refractivity contribution in [3.63, 3.8) is 0 Å². The normalized spacial score (nSPS) is 11.2. The number of carbonyl (C=O) groups is 3. The molecule has 0 fully saturated rings. The maximum absolute atomic E-state index is 10.6. The second kappa shape index (κ2) is 9.57. The highest BCUT2D eigenvalue weighted by Crippen LogP contribution is 2.09. The third kappa shape index (κ3) is 10.6. The summed E-state index contributed by atoms with van der Waals surface area (Å²) >= 11 is 0. The Hall–Kier alpha value is -1.65. The van der Waals surface area contributed by atoms with Crippen LogP contribution in [-0.2, 0) is 14.4 Å². The molecule has 0 aliphatic carbocycles. The van der Waals surface area contributed by atoms with Crippen molar-refractivity contribution in [2.45, 2.75) is 44.9 Å². The van der Waals surface area contributed by atoms with Crippen LogP contribution >= 0.6 is 0 Å². The van der Waals surface area contributed by atoms with Crippen LogP contribution in [0.25, 0.3) is 0 Å². The Kier molecular flexibility index (Phi) is 8.64. The van der Waals surface area contributed by atoms with Gasteiger partial charge in [-0.2, -0.15) is 0 Å². The van der Waals surface area contributed by atoms with Gasteiger partial charge in [-0.25, -0.2) is 0 Å². The van der Waals surface area contributed by atoms with Crippen LogP contribution in [0.4, 0.5) is 0 Å². The lowest BCUT2D eigenvalue weighted by atomic mass is 10.1. The molecule has 5 nitrogen and oxygen atoms in total. The van der Waals surface area contributed by atoms with Gasteiger partial charge in [0.15, 0.2) is 0 Å². The Labute approximate surface area is 100 Å². The minimum absolute atomic E-state index is 0.0597. The molecule has 0 rings (SSSR count). The molecule has 0 heterocycles. The van der Waals surface area contributed by atoms with Crippen molar-refractivity contribution in [2.75, 3.05) is 0 Å². The maximum atomic E-state index is 10.6. The van der Waals surface area contributed by atoms with Crippen LogP contribution in [0, 0.1) is 0 Å². The average Bonchev–Trinajstić information content (AvgIpc) is 2.25. The number of carboxylic acids is 2. The van der Waals surface area contributed by atoms with Gasteiger partial charge >= 0.3 is 11.9 Å². The molecule has 0 saturated carbocycles. The van der Waals surface area contributed by atoms with E-state index in [0.29, 0.717) is 31.3 Å². The molecular weight excluding hydrogens is 224 g/mol. The van der Waals surface area contributed by atoms with Crippen molar-refractivity contribution in [2.24, 2.45) is 0 Å². The standard InChI is InChI=1S/C12H18O5/c13-9-10(6-4-8-12(16)17)5-2-1-3-7-11(14)15/h5,9H,1-4,6-8H2,(H,14,15)(H,16,17). The molecule has 0 spiro atoms. The molecular formula is C12H18O5. The molecule has 5 heteroatoms. The van der Waals surface area contributed by atoms with E-state index in [9.17, 15) is 14.4 Å². The van der Waals surface area contributed by atoms with Crippen LogP contribution in [0.5, 0.6) is 0 Å². The van der Waals surface area contributed by atoms with Gasteiger partial charge in [-0.1, -0.05) is 6.08 Å². The first-order valence-corrected chi connectivity index (χ1v) is 5.64. The summed E-state index contributed by atoms with van der Waals surface area (Å²) < 4.78 is 0. The van der Waals surface area contributed by atoms with Crippen LogP contribution in [-0.4, -0.2) is 28.4 Å². The SMILES string of the molecule is O=CC(=CCCCCC(=O)O)CCCC(=O)O. The second-order valence-corrected chi connectivity index (χ2v) is 3.78. The minimum atomic E-state index is -0.864. The lowest BCUT2D eigenvalue weighted by Crippen LogP contribution is -1.95. The highest BCUT2D eigenvalue weighted by atomic mass is 16.4. The summed E-state index contributed by atoms with van der Waals surface area (Å²) in [6.45, 7) is 0. The summed E-state index contributed by atoms with van der Waals surface area (Å²) in [6.07, 6.45) is 5.59. The first-order chi connectivity index (χ1) is 8.06. The van der Waals surface area contributed by atoms with Crippen molar-refractivity contribution in [3.8, 4) is 0 Å². The lowest BCUT2D eigenvalue weighted by Gasteiger charge is -1.99. The molecule has 0 aliphatic heterocycles. The van der Waals surface area contributed by atoms with E-state index >= 15 is 0 Å². The van der Waals surface area contributed by atoms with Gasteiger partial charge in [0.2, 0.25) is 0 Å². The third-order valence-corrected chi connectivity index (χ3v) is 2.26. The third-order valence-electron chi connectivity index (χ3n) is 2.26. The first kappa shape index (κ1) is 15.3. The Bertz CT molecular complexity index is 293. The minimum Gasteiger partial charge on any atom is -0.481 e. The fraction of sp³-hybridized carbons (Fsp3) is 0.583. The zero-order valence-electron chi connectivity index (χ0n) is 9.72. The van der Waals surface area contributed by atoms with Crippen molar-refractivity contribution < 1.29 is 24.6 Å². The topological polar surface area (TPSA) is 91.7 Å². The van der Waals surface area contributed by atoms with Crippen LogP contribution in [0.15, 0.2) is 11.6 Å². The molecule has 0 radical (unpaired) electrons. The van der Waals surface area contributed by atoms with Crippen molar-refractivity contribution in [1.82, 2.24) is 0 Å². The lowest BCUT2D eigenvalue weighted by molar-refractivity contribution is -0.138. The van der Waals surface area contributed by atoms with Gasteiger partial charge in [-0.15, -0.1) is 0 Å². The molecule has 0 aromatic carbocycles. The predicted molar refractivity (Wildman–Crippen MR) is 61.7 cm³/mol. The summed E-state index contributed by atoms with van der Waals surface area (Å²) in [5.74, 6) is -1.68. The molecule has 0 bridgehead atoms. The van der Waals surface area contributed by atoms with Gasteiger partial charge in [0.05, 0.1) is 0 Å². The fourth-order valence-corrected chi connectivity index (χ4v) is 1.36. The van der Waals surface area contributed by atoms with Gasteiger partial charge < -0.3 is 10.2 Å². The number of allylic oxidation sites excluding steroid dienone is 2. The van der Waals surface area contributed by atoms with Crippen LogP contribution in [0.2, 0.25) is 0 Å². The number of aldehydes is 1. The fourth-order valence-electron chi connectivity index (χ4n) is 1.36. The van der Waals surface area contributed by atoms with E-state index in [2.05, 4.69) is 0 Å². The molecule has 96 valence electrons. The van der Waals surface area contributed by atoms with E-state index in [1.54, 1.807) is 6.08 Å². The van der Waals surface area contributed by atoms with E-state index in [0.717, 1.165) is 12.7 Å². The Morgan fingerprint density at radius 1 is 0.882 bits per heavy atom. The van der Waals surface area contributed by atoms with Crippen LogP contribution in [0.3, 0.4) is 0 Å². The second-order valence-electron chi connectivity index (χ2n) is 3.78. The largest absolute Gasteiger partial charge is 0.481 e. The van der Waals surface area contributed by atoms with E-state index < -0.39 is 11.9 Å². The molecule has 0 amide bonds. The number of unbranched alkanes of at least 4 members (excludes halogenated alkanes) is 2. The van der Waals surface area contributed by atoms with E-state index in [-0.39, 0.29) is 12.8 Å². The summed E-state index contributed by atoms with van der Waals surface area (Å²) in [6, 6.07) is 0. The molecule has 0 aromatic heterocycles. The Balaban J connectivity index is 3.73. The van der Waals surface area contributed by atoms with E-state index in [1.807, 2.05) is 0 Å². The van der Waals surface area contributed by atoms with Gasteiger partial charge in [-0.05, 0) is 37.7 Å². The highest BCUT2D eigenvalue weighted by Gasteiger charge is 2.00.